The molecule has 1 rings (SSSR count). The quantitative estimate of drug-likeness (QED) is 0.785. The molecule has 4 heteroatoms. The molecule has 0 aliphatic rings. The first-order valence-corrected chi connectivity index (χ1v) is 6.04. The van der Waals surface area contributed by atoms with E-state index >= 15 is 0 Å². The molecule has 4 nitrogen and oxygen atoms in total. The molecule has 1 aromatic carbocycles. The SMILES string of the molecule is CCC(C)NC(=O)COc1ccc(C)cc1C=O. The number of aryl methyl sites for hydroxylation is 1. The van der Waals surface area contributed by atoms with Gasteiger partial charge >= 0.3 is 0 Å². The summed E-state index contributed by atoms with van der Waals surface area (Å²) in [7, 11) is 0. The average Bonchev–Trinajstić information content (AvgIpc) is 2.36. The molecular weight excluding hydrogens is 230 g/mol. The predicted molar refractivity (Wildman–Crippen MR) is 70.0 cm³/mol. The number of carbonyl (C=O) groups excluding carboxylic acids is 2. The number of ether oxygens (including phenoxy) is 1. The summed E-state index contributed by atoms with van der Waals surface area (Å²) in [5.41, 5.74) is 1.44. The third-order valence-electron chi connectivity index (χ3n) is 2.67. The maximum absolute atomic E-state index is 11.5. The number of carbonyl (C=O) groups is 2. The lowest BCUT2D eigenvalue weighted by atomic mass is 10.1. The summed E-state index contributed by atoms with van der Waals surface area (Å²) in [6.45, 7) is 5.75. The van der Waals surface area contributed by atoms with E-state index in [-0.39, 0.29) is 18.6 Å². The van der Waals surface area contributed by atoms with Crippen molar-refractivity contribution in [2.24, 2.45) is 0 Å². The monoisotopic (exact) mass is 249 g/mol. The fraction of sp³-hybridized carbons (Fsp3) is 0.429. The Morgan fingerprint density at radius 1 is 1.50 bits per heavy atom. The van der Waals surface area contributed by atoms with Gasteiger partial charge in [-0.05, 0) is 32.4 Å². The molecule has 0 spiro atoms. The number of aldehydes is 1. The molecule has 0 aliphatic heterocycles. The van der Waals surface area contributed by atoms with Gasteiger partial charge < -0.3 is 10.1 Å². The van der Waals surface area contributed by atoms with Crippen molar-refractivity contribution in [2.75, 3.05) is 6.61 Å². The van der Waals surface area contributed by atoms with Crippen LogP contribution in [0.4, 0.5) is 0 Å². The Hall–Kier alpha value is -1.84. The van der Waals surface area contributed by atoms with Crippen LogP contribution in [-0.2, 0) is 4.79 Å². The summed E-state index contributed by atoms with van der Waals surface area (Å²) in [6.07, 6.45) is 1.60. The van der Waals surface area contributed by atoms with Crippen molar-refractivity contribution in [3.63, 3.8) is 0 Å². The zero-order valence-electron chi connectivity index (χ0n) is 11.0. The zero-order valence-corrected chi connectivity index (χ0v) is 11.0. The molecule has 1 N–H and O–H groups in total. The van der Waals surface area contributed by atoms with Crippen molar-refractivity contribution in [2.45, 2.75) is 33.2 Å². The molecule has 0 aliphatic carbocycles. The first-order valence-electron chi connectivity index (χ1n) is 6.04. The van der Waals surface area contributed by atoms with Gasteiger partial charge in [0.2, 0.25) is 0 Å². The number of hydrogen-bond acceptors (Lipinski definition) is 3. The number of amides is 1. The first kappa shape index (κ1) is 14.2. The Balaban J connectivity index is 2.58. The minimum absolute atomic E-state index is 0.0752. The van der Waals surface area contributed by atoms with Gasteiger partial charge in [0.05, 0.1) is 5.56 Å². The van der Waals surface area contributed by atoms with E-state index in [2.05, 4.69) is 5.32 Å². The standard InChI is InChI=1S/C14H19NO3/c1-4-11(3)15-14(17)9-18-13-6-5-10(2)7-12(13)8-16/h5-8,11H,4,9H2,1-3H3,(H,15,17). The molecule has 0 radical (unpaired) electrons. The van der Waals surface area contributed by atoms with E-state index in [0.29, 0.717) is 11.3 Å². The molecule has 1 aromatic rings. The van der Waals surface area contributed by atoms with E-state index in [1.54, 1.807) is 12.1 Å². The maximum atomic E-state index is 11.5. The van der Waals surface area contributed by atoms with Crippen LogP contribution in [0.25, 0.3) is 0 Å². The lowest BCUT2D eigenvalue weighted by molar-refractivity contribution is -0.123. The van der Waals surface area contributed by atoms with E-state index in [4.69, 9.17) is 4.74 Å². The van der Waals surface area contributed by atoms with E-state index in [1.165, 1.54) is 0 Å². The summed E-state index contributed by atoms with van der Waals surface area (Å²) < 4.78 is 5.35. The van der Waals surface area contributed by atoms with Crippen molar-refractivity contribution < 1.29 is 14.3 Å². The van der Waals surface area contributed by atoms with E-state index < -0.39 is 0 Å². The van der Waals surface area contributed by atoms with Crippen LogP contribution < -0.4 is 10.1 Å². The molecule has 0 fully saturated rings. The molecule has 0 saturated carbocycles. The Kier molecular flexibility index (Phi) is 5.36. The summed E-state index contributed by atoms with van der Waals surface area (Å²) in [6, 6.07) is 5.41. The topological polar surface area (TPSA) is 55.4 Å². The number of benzene rings is 1. The van der Waals surface area contributed by atoms with Gasteiger partial charge in [-0.15, -0.1) is 0 Å². The van der Waals surface area contributed by atoms with Crippen molar-refractivity contribution in [1.29, 1.82) is 0 Å². The van der Waals surface area contributed by atoms with Gasteiger partial charge in [-0.3, -0.25) is 9.59 Å². The molecule has 1 atom stereocenters. The van der Waals surface area contributed by atoms with Crippen molar-refractivity contribution in [1.82, 2.24) is 5.32 Å². The largest absolute Gasteiger partial charge is 0.483 e. The molecular formula is C14H19NO3. The van der Waals surface area contributed by atoms with E-state index in [9.17, 15) is 9.59 Å². The van der Waals surface area contributed by atoms with Crippen molar-refractivity contribution >= 4 is 12.2 Å². The van der Waals surface area contributed by atoms with Crippen LogP contribution in [0.1, 0.15) is 36.2 Å². The summed E-state index contributed by atoms with van der Waals surface area (Å²) >= 11 is 0. The zero-order chi connectivity index (χ0) is 13.5. The Bertz CT molecular complexity index is 429. The normalized spacial score (nSPS) is 11.7. The molecule has 1 unspecified atom stereocenters. The van der Waals surface area contributed by atoms with Crippen LogP contribution in [0.3, 0.4) is 0 Å². The Morgan fingerprint density at radius 2 is 2.22 bits per heavy atom. The van der Waals surface area contributed by atoms with Gasteiger partial charge in [-0.2, -0.15) is 0 Å². The van der Waals surface area contributed by atoms with Gasteiger partial charge in [0, 0.05) is 6.04 Å². The van der Waals surface area contributed by atoms with E-state index in [0.717, 1.165) is 18.3 Å². The van der Waals surface area contributed by atoms with Crippen LogP contribution in [0.15, 0.2) is 18.2 Å². The lowest BCUT2D eigenvalue weighted by Crippen LogP contribution is -2.35. The van der Waals surface area contributed by atoms with Gasteiger partial charge in [0.1, 0.15) is 5.75 Å². The second kappa shape index (κ2) is 6.79. The fourth-order valence-electron chi connectivity index (χ4n) is 1.45. The minimum atomic E-state index is -0.179. The highest BCUT2D eigenvalue weighted by Gasteiger charge is 2.08. The van der Waals surface area contributed by atoms with Crippen LogP contribution in [0.5, 0.6) is 5.75 Å². The lowest BCUT2D eigenvalue weighted by Gasteiger charge is -2.13. The molecule has 0 aromatic heterocycles. The fourth-order valence-corrected chi connectivity index (χ4v) is 1.45. The van der Waals surface area contributed by atoms with Gasteiger partial charge in [0.15, 0.2) is 12.9 Å². The van der Waals surface area contributed by atoms with Crippen LogP contribution in [0.2, 0.25) is 0 Å². The molecule has 98 valence electrons. The first-order chi connectivity index (χ1) is 8.56. The summed E-state index contributed by atoms with van der Waals surface area (Å²) in [4.78, 5) is 22.4. The summed E-state index contributed by atoms with van der Waals surface area (Å²) in [5, 5.41) is 2.80. The highest BCUT2D eigenvalue weighted by molar-refractivity contribution is 5.81. The Morgan fingerprint density at radius 3 is 2.83 bits per heavy atom. The maximum Gasteiger partial charge on any atom is 0.258 e. The number of nitrogens with one attached hydrogen (secondary N) is 1. The molecule has 0 heterocycles. The molecule has 18 heavy (non-hydrogen) atoms. The third kappa shape index (κ3) is 4.20. The average molecular weight is 249 g/mol. The molecule has 1 amide bonds. The van der Waals surface area contributed by atoms with Gasteiger partial charge in [-0.1, -0.05) is 18.6 Å². The number of rotatable bonds is 6. The van der Waals surface area contributed by atoms with E-state index in [1.807, 2.05) is 26.8 Å². The smallest absolute Gasteiger partial charge is 0.258 e. The van der Waals surface area contributed by atoms with Crippen molar-refractivity contribution in [3.8, 4) is 5.75 Å². The number of hydrogen-bond donors (Lipinski definition) is 1. The second-order valence-electron chi connectivity index (χ2n) is 4.32. The van der Waals surface area contributed by atoms with Gasteiger partial charge in [0.25, 0.3) is 5.91 Å². The highest BCUT2D eigenvalue weighted by atomic mass is 16.5. The highest BCUT2D eigenvalue weighted by Crippen LogP contribution is 2.17. The molecule has 0 saturated heterocycles. The summed E-state index contributed by atoms with van der Waals surface area (Å²) in [5.74, 6) is 0.261. The van der Waals surface area contributed by atoms with Crippen LogP contribution >= 0.6 is 0 Å². The van der Waals surface area contributed by atoms with Crippen LogP contribution in [-0.4, -0.2) is 24.8 Å². The molecule has 0 bridgehead atoms. The Labute approximate surface area is 107 Å². The van der Waals surface area contributed by atoms with Crippen molar-refractivity contribution in [3.05, 3.63) is 29.3 Å². The predicted octanol–water partition coefficient (Wildman–Crippen LogP) is 2.10. The third-order valence-corrected chi connectivity index (χ3v) is 2.67. The minimum Gasteiger partial charge on any atom is -0.483 e. The van der Waals surface area contributed by atoms with Gasteiger partial charge in [-0.25, -0.2) is 0 Å². The second-order valence-corrected chi connectivity index (χ2v) is 4.32. The van der Waals surface area contributed by atoms with Crippen LogP contribution in [0, 0.1) is 6.92 Å².